The molecule has 0 bridgehead atoms. The minimum absolute atomic E-state index is 0.218. The molecule has 2 fully saturated rings. The molecule has 1 aliphatic heterocycles. The van der Waals surface area contributed by atoms with Crippen LogP contribution in [0.4, 0.5) is 0 Å². The second kappa shape index (κ2) is 10.2. The second-order valence-electron chi connectivity index (χ2n) is 8.28. The van der Waals surface area contributed by atoms with Gasteiger partial charge in [0.15, 0.2) is 5.60 Å². The highest BCUT2D eigenvalue weighted by atomic mass is 16.6. The quantitative estimate of drug-likeness (QED) is 0.164. The molecule has 1 aliphatic carbocycles. The average Bonchev–Trinajstić information content (AvgIpc) is 3.66. The second-order valence-corrected chi connectivity index (χ2v) is 8.28. The standard InChI is InChI=1S/C24H33NO5/c1-3-28-23(27)24(16-30-24)12-6-4-5-7-13-29-20-10-8-18(9-11-20)22-17(2)21(22)14-19(25)15-26/h8-11,15,19,21-22H,2-7,12-14,16,25H2,1H3. The van der Waals surface area contributed by atoms with Crippen LogP contribution in [0.25, 0.3) is 0 Å². The van der Waals surface area contributed by atoms with Gasteiger partial charge in [-0.1, -0.05) is 37.1 Å². The van der Waals surface area contributed by atoms with E-state index in [2.05, 4.69) is 18.7 Å². The van der Waals surface area contributed by atoms with Gasteiger partial charge in [0, 0.05) is 5.92 Å². The maximum absolute atomic E-state index is 11.8. The number of ether oxygens (including phenoxy) is 3. The first-order chi connectivity index (χ1) is 14.5. The number of hydrogen-bond acceptors (Lipinski definition) is 6. The van der Waals surface area contributed by atoms with Crippen LogP contribution in [0.3, 0.4) is 0 Å². The summed E-state index contributed by atoms with van der Waals surface area (Å²) in [6.45, 7) is 7.47. The minimum atomic E-state index is -0.654. The van der Waals surface area contributed by atoms with Crippen molar-refractivity contribution in [1.29, 1.82) is 0 Å². The molecule has 1 heterocycles. The van der Waals surface area contributed by atoms with Gasteiger partial charge < -0.3 is 24.7 Å². The molecule has 4 unspecified atom stereocenters. The zero-order valence-corrected chi connectivity index (χ0v) is 17.8. The van der Waals surface area contributed by atoms with Gasteiger partial charge in [0.25, 0.3) is 0 Å². The topological polar surface area (TPSA) is 91.2 Å². The lowest BCUT2D eigenvalue weighted by atomic mass is 10.0. The van der Waals surface area contributed by atoms with Crippen LogP contribution in [-0.4, -0.2) is 43.7 Å². The highest BCUT2D eigenvalue weighted by molar-refractivity contribution is 5.82. The van der Waals surface area contributed by atoms with Gasteiger partial charge >= 0.3 is 5.97 Å². The molecule has 164 valence electrons. The molecular formula is C24H33NO5. The van der Waals surface area contributed by atoms with Crippen molar-refractivity contribution in [2.75, 3.05) is 19.8 Å². The molecule has 0 spiro atoms. The van der Waals surface area contributed by atoms with Crippen molar-refractivity contribution in [2.45, 2.75) is 63.0 Å². The van der Waals surface area contributed by atoms with Gasteiger partial charge in [0.2, 0.25) is 0 Å². The SMILES string of the molecule is C=C1C(CC(N)C=O)C1c1ccc(OCCCCCCC2(C(=O)OCC)CO2)cc1. The molecule has 6 nitrogen and oxygen atoms in total. The fraction of sp³-hybridized carbons (Fsp3) is 0.583. The van der Waals surface area contributed by atoms with Gasteiger partial charge in [0.1, 0.15) is 12.0 Å². The number of esters is 1. The van der Waals surface area contributed by atoms with E-state index >= 15 is 0 Å². The number of benzene rings is 1. The van der Waals surface area contributed by atoms with Gasteiger partial charge in [0.05, 0.1) is 25.9 Å². The third-order valence-electron chi connectivity index (χ3n) is 5.99. The van der Waals surface area contributed by atoms with Gasteiger partial charge in [-0.15, -0.1) is 0 Å². The zero-order chi connectivity index (χ0) is 21.6. The molecule has 4 atom stereocenters. The zero-order valence-electron chi connectivity index (χ0n) is 17.8. The Balaban J connectivity index is 1.29. The molecule has 30 heavy (non-hydrogen) atoms. The first kappa shape index (κ1) is 22.5. The Morgan fingerprint density at radius 1 is 1.30 bits per heavy atom. The molecule has 2 N–H and O–H groups in total. The van der Waals surface area contributed by atoms with Crippen LogP contribution in [0.1, 0.15) is 56.9 Å². The van der Waals surface area contributed by atoms with E-state index in [1.165, 1.54) is 5.56 Å². The summed E-state index contributed by atoms with van der Waals surface area (Å²) in [5, 5.41) is 0. The Bertz CT molecular complexity index is 740. The fourth-order valence-corrected chi connectivity index (χ4v) is 4.00. The van der Waals surface area contributed by atoms with Crippen LogP contribution in [0.15, 0.2) is 36.4 Å². The number of epoxide rings is 1. The third-order valence-corrected chi connectivity index (χ3v) is 5.99. The van der Waals surface area contributed by atoms with E-state index in [1.54, 1.807) is 0 Å². The maximum Gasteiger partial charge on any atom is 0.340 e. The molecule has 2 aliphatic rings. The van der Waals surface area contributed by atoms with Crippen molar-refractivity contribution in [3.63, 3.8) is 0 Å². The molecular weight excluding hydrogens is 382 g/mol. The van der Waals surface area contributed by atoms with Crippen LogP contribution >= 0.6 is 0 Å². The van der Waals surface area contributed by atoms with Crippen molar-refractivity contribution in [2.24, 2.45) is 11.7 Å². The molecule has 1 aromatic rings. The van der Waals surface area contributed by atoms with Crippen molar-refractivity contribution in [1.82, 2.24) is 0 Å². The average molecular weight is 416 g/mol. The lowest BCUT2D eigenvalue weighted by molar-refractivity contribution is -0.149. The lowest BCUT2D eigenvalue weighted by Gasteiger charge is -2.10. The summed E-state index contributed by atoms with van der Waals surface area (Å²) in [5.74, 6) is 1.25. The molecule has 1 saturated carbocycles. The normalized spacial score (nSPS) is 25.5. The molecule has 3 rings (SSSR count). The Kier molecular flexibility index (Phi) is 7.67. The molecule has 0 radical (unpaired) electrons. The Morgan fingerprint density at radius 2 is 2.00 bits per heavy atom. The van der Waals surface area contributed by atoms with E-state index in [4.69, 9.17) is 19.9 Å². The summed E-state index contributed by atoms with van der Waals surface area (Å²) >= 11 is 0. The first-order valence-corrected chi connectivity index (χ1v) is 10.9. The number of nitrogens with two attached hydrogens (primary N) is 1. The fourth-order valence-electron chi connectivity index (χ4n) is 4.00. The maximum atomic E-state index is 11.8. The summed E-state index contributed by atoms with van der Waals surface area (Å²) in [6, 6.07) is 7.72. The first-order valence-electron chi connectivity index (χ1n) is 10.9. The van der Waals surface area contributed by atoms with E-state index in [9.17, 15) is 9.59 Å². The monoisotopic (exact) mass is 415 g/mol. The van der Waals surface area contributed by atoms with Crippen LogP contribution in [0.2, 0.25) is 0 Å². The summed E-state index contributed by atoms with van der Waals surface area (Å²) in [4.78, 5) is 22.6. The van der Waals surface area contributed by atoms with E-state index in [0.717, 1.165) is 49.7 Å². The van der Waals surface area contributed by atoms with Gasteiger partial charge in [-0.05, 0) is 56.2 Å². The van der Waals surface area contributed by atoms with Crippen molar-refractivity contribution in [3.05, 3.63) is 42.0 Å². The summed E-state index contributed by atoms with van der Waals surface area (Å²) in [5.41, 5.74) is 7.44. The number of hydrogen-bond donors (Lipinski definition) is 1. The smallest absolute Gasteiger partial charge is 0.340 e. The summed E-state index contributed by atoms with van der Waals surface area (Å²) in [6.07, 6.45) is 6.22. The molecule has 6 heteroatoms. The van der Waals surface area contributed by atoms with E-state index < -0.39 is 11.6 Å². The number of aldehydes is 1. The Labute approximate surface area is 178 Å². The number of allylic oxidation sites excluding steroid dienone is 1. The van der Waals surface area contributed by atoms with E-state index in [0.29, 0.717) is 38.1 Å². The number of carbonyl (C=O) groups is 2. The van der Waals surface area contributed by atoms with Crippen molar-refractivity contribution < 1.29 is 23.8 Å². The summed E-state index contributed by atoms with van der Waals surface area (Å²) < 4.78 is 16.2. The molecule has 0 amide bonds. The Hall–Kier alpha value is -2.18. The van der Waals surface area contributed by atoms with Gasteiger partial charge in [-0.2, -0.15) is 0 Å². The third kappa shape index (κ3) is 5.70. The van der Waals surface area contributed by atoms with Crippen LogP contribution in [0.5, 0.6) is 5.75 Å². The van der Waals surface area contributed by atoms with E-state index in [-0.39, 0.29) is 5.97 Å². The molecule has 0 aromatic heterocycles. The molecule has 1 saturated heterocycles. The van der Waals surface area contributed by atoms with Crippen molar-refractivity contribution in [3.8, 4) is 5.75 Å². The van der Waals surface area contributed by atoms with Gasteiger partial charge in [-0.25, -0.2) is 4.79 Å². The Morgan fingerprint density at radius 3 is 2.63 bits per heavy atom. The highest BCUT2D eigenvalue weighted by Crippen LogP contribution is 2.54. The number of rotatable bonds is 14. The highest BCUT2D eigenvalue weighted by Gasteiger charge is 2.52. The van der Waals surface area contributed by atoms with Gasteiger partial charge in [-0.3, -0.25) is 0 Å². The predicted octanol–water partition coefficient (Wildman–Crippen LogP) is 3.53. The number of carbonyl (C=O) groups excluding carboxylic acids is 2. The van der Waals surface area contributed by atoms with Crippen LogP contribution in [-0.2, 0) is 19.1 Å². The van der Waals surface area contributed by atoms with E-state index in [1.807, 2.05) is 19.1 Å². The van der Waals surface area contributed by atoms with Crippen LogP contribution < -0.4 is 10.5 Å². The predicted molar refractivity (Wildman–Crippen MR) is 114 cm³/mol. The summed E-state index contributed by atoms with van der Waals surface area (Å²) in [7, 11) is 0. The molecule has 1 aromatic carbocycles. The number of unbranched alkanes of at least 4 members (excludes halogenated alkanes) is 3. The minimum Gasteiger partial charge on any atom is -0.494 e. The lowest BCUT2D eigenvalue weighted by Crippen LogP contribution is -2.27. The van der Waals surface area contributed by atoms with Crippen molar-refractivity contribution >= 4 is 12.3 Å². The largest absolute Gasteiger partial charge is 0.494 e. The van der Waals surface area contributed by atoms with Crippen LogP contribution in [0, 0.1) is 5.92 Å².